The highest BCUT2D eigenvalue weighted by atomic mass is 32.1. The lowest BCUT2D eigenvalue weighted by Crippen LogP contribution is -1.92. The van der Waals surface area contributed by atoms with Crippen LogP contribution < -0.4 is 10.1 Å². The van der Waals surface area contributed by atoms with Crippen molar-refractivity contribution in [3.63, 3.8) is 0 Å². The molecule has 2 heterocycles. The number of nitrogens with zero attached hydrogens (tertiary/aromatic N) is 2. The van der Waals surface area contributed by atoms with E-state index in [0.717, 1.165) is 17.0 Å². The largest absolute Gasteiger partial charge is 0.481 e. The SMILES string of the molecule is COc1ccc(Nc2ncc(C(=O)O)s2)cn1. The van der Waals surface area contributed by atoms with E-state index < -0.39 is 5.97 Å². The Kier molecular flexibility index (Phi) is 3.20. The van der Waals surface area contributed by atoms with Crippen molar-refractivity contribution in [3.05, 3.63) is 29.4 Å². The summed E-state index contributed by atoms with van der Waals surface area (Å²) < 4.78 is 4.93. The highest BCUT2D eigenvalue weighted by Gasteiger charge is 2.08. The fraction of sp³-hybridized carbons (Fsp3) is 0.100. The van der Waals surface area contributed by atoms with Crippen molar-refractivity contribution in [2.75, 3.05) is 12.4 Å². The van der Waals surface area contributed by atoms with E-state index in [1.54, 1.807) is 18.3 Å². The monoisotopic (exact) mass is 251 g/mol. The molecule has 0 aliphatic carbocycles. The number of ether oxygens (including phenoxy) is 1. The van der Waals surface area contributed by atoms with Crippen LogP contribution in [-0.2, 0) is 0 Å². The lowest BCUT2D eigenvalue weighted by Gasteiger charge is -2.02. The number of carboxylic acid groups (broad SMARTS) is 1. The first kappa shape index (κ1) is 11.3. The van der Waals surface area contributed by atoms with Gasteiger partial charge in [0.1, 0.15) is 4.88 Å². The number of methoxy groups -OCH3 is 1. The number of rotatable bonds is 4. The Morgan fingerprint density at radius 3 is 2.76 bits per heavy atom. The van der Waals surface area contributed by atoms with Crippen molar-refractivity contribution in [2.24, 2.45) is 0 Å². The quantitative estimate of drug-likeness (QED) is 0.864. The molecule has 0 saturated carbocycles. The van der Waals surface area contributed by atoms with Crippen LogP contribution in [0.2, 0.25) is 0 Å². The average molecular weight is 251 g/mol. The summed E-state index contributed by atoms with van der Waals surface area (Å²) in [6.07, 6.45) is 2.90. The molecule has 2 N–H and O–H groups in total. The molecule has 2 rings (SSSR count). The van der Waals surface area contributed by atoms with Crippen molar-refractivity contribution in [2.45, 2.75) is 0 Å². The second-order valence-corrected chi connectivity index (χ2v) is 4.08. The third-order valence-electron chi connectivity index (χ3n) is 1.91. The van der Waals surface area contributed by atoms with Crippen molar-refractivity contribution in [3.8, 4) is 5.88 Å². The maximum Gasteiger partial charge on any atom is 0.347 e. The molecular weight excluding hydrogens is 242 g/mol. The second-order valence-electron chi connectivity index (χ2n) is 3.05. The summed E-state index contributed by atoms with van der Waals surface area (Å²) in [4.78, 5) is 18.8. The molecule has 0 fully saturated rings. The molecule has 0 unspecified atom stereocenters. The number of carbonyl (C=O) groups is 1. The fourth-order valence-electron chi connectivity index (χ4n) is 1.13. The van der Waals surface area contributed by atoms with Crippen LogP contribution in [0.1, 0.15) is 9.67 Å². The van der Waals surface area contributed by atoms with Gasteiger partial charge in [0.25, 0.3) is 0 Å². The van der Waals surface area contributed by atoms with E-state index in [1.807, 2.05) is 0 Å². The van der Waals surface area contributed by atoms with Crippen LogP contribution in [0.4, 0.5) is 10.8 Å². The van der Waals surface area contributed by atoms with E-state index >= 15 is 0 Å². The minimum Gasteiger partial charge on any atom is -0.481 e. The summed E-state index contributed by atoms with van der Waals surface area (Å²) in [6.45, 7) is 0. The first-order valence-corrected chi connectivity index (χ1v) is 5.47. The zero-order valence-corrected chi connectivity index (χ0v) is 9.69. The van der Waals surface area contributed by atoms with Gasteiger partial charge in [-0.25, -0.2) is 14.8 Å². The van der Waals surface area contributed by atoms with Crippen molar-refractivity contribution < 1.29 is 14.6 Å². The van der Waals surface area contributed by atoms with Crippen LogP contribution in [0.25, 0.3) is 0 Å². The number of aromatic carboxylic acids is 1. The maximum absolute atomic E-state index is 10.7. The lowest BCUT2D eigenvalue weighted by atomic mass is 10.4. The summed E-state index contributed by atoms with van der Waals surface area (Å²) in [5, 5.41) is 12.2. The summed E-state index contributed by atoms with van der Waals surface area (Å²) >= 11 is 1.06. The number of anilines is 2. The molecule has 0 saturated heterocycles. The van der Waals surface area contributed by atoms with Crippen LogP contribution in [0.15, 0.2) is 24.5 Å². The van der Waals surface area contributed by atoms with Crippen molar-refractivity contribution >= 4 is 28.1 Å². The van der Waals surface area contributed by atoms with Crippen molar-refractivity contribution in [1.82, 2.24) is 9.97 Å². The van der Waals surface area contributed by atoms with Gasteiger partial charge in [-0.2, -0.15) is 0 Å². The molecule has 0 aliphatic heterocycles. The van der Waals surface area contributed by atoms with Gasteiger partial charge in [0, 0.05) is 6.07 Å². The lowest BCUT2D eigenvalue weighted by molar-refractivity contribution is 0.0702. The summed E-state index contributed by atoms with van der Waals surface area (Å²) in [6, 6.07) is 3.47. The van der Waals surface area contributed by atoms with Crippen LogP contribution in [0.5, 0.6) is 5.88 Å². The van der Waals surface area contributed by atoms with Gasteiger partial charge < -0.3 is 15.2 Å². The number of hydrogen-bond acceptors (Lipinski definition) is 6. The number of carboxylic acids is 1. The number of pyridine rings is 1. The Labute approximate surface area is 101 Å². The van der Waals surface area contributed by atoms with Crippen molar-refractivity contribution in [1.29, 1.82) is 0 Å². The molecule has 7 heteroatoms. The topological polar surface area (TPSA) is 84.3 Å². The first-order valence-electron chi connectivity index (χ1n) is 4.65. The minimum absolute atomic E-state index is 0.189. The Bertz CT molecular complexity index is 524. The van der Waals surface area contributed by atoms with Crippen LogP contribution in [-0.4, -0.2) is 28.2 Å². The summed E-state index contributed by atoms with van der Waals surface area (Å²) in [5.41, 5.74) is 0.720. The Hall–Kier alpha value is -2.15. The third-order valence-corrected chi connectivity index (χ3v) is 2.81. The van der Waals surface area contributed by atoms with Gasteiger partial charge in [-0.05, 0) is 6.07 Å². The van der Waals surface area contributed by atoms with E-state index in [9.17, 15) is 4.79 Å². The van der Waals surface area contributed by atoms with E-state index in [-0.39, 0.29) is 4.88 Å². The molecule has 2 aromatic rings. The molecule has 0 aromatic carbocycles. The minimum atomic E-state index is -0.983. The molecule has 6 nitrogen and oxygen atoms in total. The number of nitrogens with one attached hydrogen (secondary N) is 1. The van der Waals surface area contributed by atoms with Gasteiger partial charge in [-0.3, -0.25) is 0 Å². The predicted octanol–water partition coefficient (Wildman–Crippen LogP) is 1.99. The Balaban J connectivity index is 2.11. The fourth-order valence-corrected chi connectivity index (χ4v) is 1.80. The van der Waals surface area contributed by atoms with E-state index in [2.05, 4.69) is 15.3 Å². The van der Waals surface area contributed by atoms with Gasteiger partial charge in [-0.1, -0.05) is 11.3 Å². The molecule has 2 aromatic heterocycles. The summed E-state index contributed by atoms with van der Waals surface area (Å²) in [7, 11) is 1.54. The third kappa shape index (κ3) is 2.70. The van der Waals surface area contributed by atoms with Crippen LogP contribution in [0, 0.1) is 0 Å². The van der Waals surface area contributed by atoms with Gasteiger partial charge in [0.05, 0.1) is 25.2 Å². The zero-order valence-electron chi connectivity index (χ0n) is 8.88. The van der Waals surface area contributed by atoms with E-state index in [4.69, 9.17) is 9.84 Å². The van der Waals surface area contributed by atoms with Crippen LogP contribution >= 0.6 is 11.3 Å². The summed E-state index contributed by atoms with van der Waals surface area (Å²) in [5.74, 6) is -0.468. The molecule has 0 atom stereocenters. The van der Waals surface area contributed by atoms with Gasteiger partial charge in [-0.15, -0.1) is 0 Å². The standard InChI is InChI=1S/C10H9N3O3S/c1-16-8-3-2-6(4-11-8)13-10-12-5-7(17-10)9(14)15/h2-5H,1H3,(H,12,13)(H,14,15). The highest BCUT2D eigenvalue weighted by molar-refractivity contribution is 7.17. The second kappa shape index (κ2) is 4.79. The Morgan fingerprint density at radius 2 is 2.24 bits per heavy atom. The number of aromatic nitrogens is 2. The average Bonchev–Trinajstić information content (AvgIpc) is 2.79. The number of thiazole rings is 1. The van der Waals surface area contributed by atoms with Gasteiger partial charge in [0.15, 0.2) is 5.13 Å². The molecule has 0 aliphatic rings. The molecule has 0 radical (unpaired) electrons. The first-order chi connectivity index (χ1) is 8.19. The van der Waals surface area contributed by atoms with Crippen LogP contribution in [0.3, 0.4) is 0 Å². The normalized spacial score (nSPS) is 9.94. The van der Waals surface area contributed by atoms with Gasteiger partial charge in [0.2, 0.25) is 5.88 Å². The van der Waals surface area contributed by atoms with E-state index in [0.29, 0.717) is 11.0 Å². The smallest absolute Gasteiger partial charge is 0.347 e. The predicted molar refractivity (Wildman–Crippen MR) is 63.1 cm³/mol. The molecular formula is C10H9N3O3S. The molecule has 88 valence electrons. The molecule has 17 heavy (non-hydrogen) atoms. The Morgan fingerprint density at radius 1 is 1.41 bits per heavy atom. The zero-order chi connectivity index (χ0) is 12.3. The number of hydrogen-bond donors (Lipinski definition) is 2. The van der Waals surface area contributed by atoms with E-state index in [1.165, 1.54) is 13.3 Å². The molecule has 0 spiro atoms. The molecule has 0 bridgehead atoms. The maximum atomic E-state index is 10.7. The molecule has 0 amide bonds. The van der Waals surface area contributed by atoms with Gasteiger partial charge >= 0.3 is 5.97 Å². The highest BCUT2D eigenvalue weighted by Crippen LogP contribution is 2.22.